The summed E-state index contributed by atoms with van der Waals surface area (Å²) in [5.41, 5.74) is 0. The Morgan fingerprint density at radius 1 is 1.17 bits per heavy atom. The van der Waals surface area contributed by atoms with Gasteiger partial charge in [-0.25, -0.2) is 0 Å². The molecule has 2 aromatic rings. The summed E-state index contributed by atoms with van der Waals surface area (Å²) in [5, 5.41) is 22.3. The molecule has 5 heteroatoms. The summed E-state index contributed by atoms with van der Waals surface area (Å²) in [4.78, 5) is 12.2. The summed E-state index contributed by atoms with van der Waals surface area (Å²) in [7, 11) is 1.44. The van der Waals surface area contributed by atoms with Gasteiger partial charge in [-0.3, -0.25) is 4.79 Å². The van der Waals surface area contributed by atoms with Crippen LogP contribution < -0.4 is 0 Å². The molecule has 4 atom stereocenters. The van der Waals surface area contributed by atoms with Gasteiger partial charge in [-0.15, -0.1) is 11.3 Å². The lowest BCUT2D eigenvalue weighted by molar-refractivity contribution is -0.140. The molecule has 1 aromatic heterocycles. The van der Waals surface area contributed by atoms with Crippen LogP contribution in [-0.4, -0.2) is 29.4 Å². The fraction of sp³-hybridized carbons (Fsp3) is 0.625. The Morgan fingerprint density at radius 3 is 2.76 bits per heavy atom. The van der Waals surface area contributed by atoms with E-state index in [9.17, 15) is 15.0 Å². The maximum absolute atomic E-state index is 11.1. The van der Waals surface area contributed by atoms with Crippen LogP contribution >= 0.6 is 11.3 Å². The molecule has 0 amide bonds. The number of carbonyl (C=O) groups is 1. The van der Waals surface area contributed by atoms with Crippen molar-refractivity contribution in [2.24, 2.45) is 11.8 Å². The van der Waals surface area contributed by atoms with Crippen molar-refractivity contribution in [3.63, 3.8) is 0 Å². The van der Waals surface area contributed by atoms with Crippen LogP contribution in [0.25, 0.3) is 10.1 Å². The van der Waals surface area contributed by atoms with Gasteiger partial charge in [-0.1, -0.05) is 43.9 Å². The van der Waals surface area contributed by atoms with E-state index < -0.39 is 6.10 Å². The molecule has 2 N–H and O–H groups in total. The minimum atomic E-state index is -0.445. The highest BCUT2D eigenvalue weighted by molar-refractivity contribution is 7.19. The molecule has 0 saturated heterocycles. The molecule has 0 bridgehead atoms. The number of rotatable bonds is 11. The van der Waals surface area contributed by atoms with Crippen LogP contribution in [0.2, 0.25) is 0 Å². The van der Waals surface area contributed by atoms with Crippen molar-refractivity contribution in [1.29, 1.82) is 0 Å². The number of aliphatic hydroxyl groups excluding tert-OH is 2. The van der Waals surface area contributed by atoms with E-state index in [1.54, 1.807) is 11.3 Å². The average Bonchev–Trinajstić information content (AvgIpc) is 3.32. The second-order valence-electron chi connectivity index (χ2n) is 8.38. The highest BCUT2D eigenvalue weighted by atomic mass is 32.1. The number of esters is 1. The molecule has 0 unspecified atom stereocenters. The lowest BCUT2D eigenvalue weighted by atomic mass is 9.85. The Hall–Kier alpha value is -1.43. The monoisotopic (exact) mass is 418 g/mol. The average molecular weight is 419 g/mol. The van der Waals surface area contributed by atoms with Crippen molar-refractivity contribution in [2.45, 2.75) is 76.4 Å². The number of carbonyl (C=O) groups excluding carboxylic acids is 1. The number of methoxy groups -OCH3 is 1. The zero-order valence-corrected chi connectivity index (χ0v) is 18.2. The Bertz CT molecular complexity index is 738. The molecular formula is C24H34O4S. The van der Waals surface area contributed by atoms with Crippen LogP contribution in [0, 0.1) is 11.8 Å². The highest BCUT2D eigenvalue weighted by Gasteiger charge is 2.34. The summed E-state index contributed by atoms with van der Waals surface area (Å²) in [6.45, 7) is 0. The van der Waals surface area contributed by atoms with Crippen LogP contribution in [0.15, 0.2) is 30.3 Å². The third-order valence-electron chi connectivity index (χ3n) is 6.41. The van der Waals surface area contributed by atoms with Crippen molar-refractivity contribution in [2.75, 3.05) is 7.11 Å². The van der Waals surface area contributed by atoms with Gasteiger partial charge in [0.1, 0.15) is 0 Å². The SMILES string of the molecule is COC(=O)CCCCCC[C@H]1CC[C@@H](O)[C@@H]1CC[C@@H](O)c1cc2ccccc2s1. The first kappa shape index (κ1) is 22.3. The molecule has 1 aromatic carbocycles. The lowest BCUT2D eigenvalue weighted by Gasteiger charge is -2.23. The predicted octanol–water partition coefficient (Wildman–Crippen LogP) is 5.62. The van der Waals surface area contributed by atoms with Gasteiger partial charge in [0.25, 0.3) is 0 Å². The molecule has 0 radical (unpaired) electrons. The first-order valence-corrected chi connectivity index (χ1v) is 11.8. The molecule has 3 rings (SSSR count). The maximum atomic E-state index is 11.1. The molecule has 1 aliphatic carbocycles. The number of benzene rings is 1. The molecular weight excluding hydrogens is 384 g/mol. The zero-order valence-electron chi connectivity index (χ0n) is 17.4. The Balaban J connectivity index is 1.41. The van der Waals surface area contributed by atoms with Gasteiger partial charge < -0.3 is 14.9 Å². The van der Waals surface area contributed by atoms with Gasteiger partial charge in [-0.05, 0) is 61.5 Å². The molecule has 4 nitrogen and oxygen atoms in total. The molecule has 0 aliphatic heterocycles. The number of aliphatic hydroxyl groups is 2. The van der Waals surface area contributed by atoms with Gasteiger partial charge in [-0.2, -0.15) is 0 Å². The fourth-order valence-electron chi connectivity index (χ4n) is 4.70. The van der Waals surface area contributed by atoms with Gasteiger partial charge in [0, 0.05) is 16.0 Å². The number of thiophene rings is 1. The van der Waals surface area contributed by atoms with Crippen LogP contribution in [0.5, 0.6) is 0 Å². The van der Waals surface area contributed by atoms with Crippen LogP contribution in [0.4, 0.5) is 0 Å². The van der Waals surface area contributed by atoms with E-state index in [2.05, 4.69) is 22.9 Å². The molecule has 1 fully saturated rings. The summed E-state index contributed by atoms with van der Waals surface area (Å²) < 4.78 is 5.89. The normalized spacial score (nSPS) is 22.8. The largest absolute Gasteiger partial charge is 0.469 e. The number of fused-ring (bicyclic) bond motifs is 1. The maximum Gasteiger partial charge on any atom is 0.305 e. The Labute approximate surface area is 177 Å². The first-order chi connectivity index (χ1) is 14.1. The summed E-state index contributed by atoms with van der Waals surface area (Å²) >= 11 is 1.67. The van der Waals surface area contributed by atoms with E-state index in [-0.39, 0.29) is 12.1 Å². The lowest BCUT2D eigenvalue weighted by Crippen LogP contribution is -2.20. The van der Waals surface area contributed by atoms with E-state index >= 15 is 0 Å². The van der Waals surface area contributed by atoms with Crippen LogP contribution in [0.3, 0.4) is 0 Å². The van der Waals surface area contributed by atoms with Gasteiger partial charge in [0.15, 0.2) is 0 Å². The molecule has 1 aliphatic rings. The number of hydrogen-bond acceptors (Lipinski definition) is 5. The summed E-state index contributed by atoms with van der Waals surface area (Å²) in [6.07, 6.45) is 8.76. The number of hydrogen-bond donors (Lipinski definition) is 2. The Kier molecular flexibility index (Phi) is 8.52. The van der Waals surface area contributed by atoms with Crippen molar-refractivity contribution in [3.05, 3.63) is 35.2 Å². The Morgan fingerprint density at radius 2 is 1.97 bits per heavy atom. The molecule has 29 heavy (non-hydrogen) atoms. The predicted molar refractivity (Wildman–Crippen MR) is 118 cm³/mol. The number of ether oxygens (including phenoxy) is 1. The van der Waals surface area contributed by atoms with Gasteiger partial charge in [0.05, 0.1) is 19.3 Å². The van der Waals surface area contributed by atoms with E-state index in [0.29, 0.717) is 24.7 Å². The van der Waals surface area contributed by atoms with Crippen molar-refractivity contribution in [1.82, 2.24) is 0 Å². The van der Waals surface area contributed by atoms with Crippen molar-refractivity contribution in [3.8, 4) is 0 Å². The second kappa shape index (κ2) is 11.1. The van der Waals surface area contributed by atoms with Crippen LogP contribution in [-0.2, 0) is 9.53 Å². The minimum absolute atomic E-state index is 0.124. The van der Waals surface area contributed by atoms with E-state index in [1.807, 2.05) is 12.1 Å². The van der Waals surface area contributed by atoms with E-state index in [4.69, 9.17) is 0 Å². The smallest absolute Gasteiger partial charge is 0.305 e. The molecule has 1 saturated carbocycles. The second-order valence-corrected chi connectivity index (χ2v) is 9.49. The van der Waals surface area contributed by atoms with E-state index in [0.717, 1.165) is 56.2 Å². The van der Waals surface area contributed by atoms with Crippen molar-refractivity contribution < 1.29 is 19.7 Å². The molecule has 0 spiro atoms. The standard InChI is InChI=1S/C24H34O4S/c1-28-24(27)11-5-3-2-4-8-17-12-14-20(25)19(17)13-15-21(26)23-16-18-9-6-7-10-22(18)29-23/h6-7,9-10,16-17,19-21,25-26H,2-5,8,11-15H2,1H3/t17-,19+,20+,21+/m0/s1. The zero-order chi connectivity index (χ0) is 20.6. The molecule has 160 valence electrons. The van der Waals surface area contributed by atoms with Crippen LogP contribution in [0.1, 0.15) is 75.2 Å². The summed E-state index contributed by atoms with van der Waals surface area (Å²) in [6, 6.07) is 10.3. The summed E-state index contributed by atoms with van der Waals surface area (Å²) in [5.74, 6) is 0.732. The van der Waals surface area contributed by atoms with Crippen molar-refractivity contribution >= 4 is 27.4 Å². The third kappa shape index (κ3) is 6.27. The fourth-order valence-corrected chi connectivity index (χ4v) is 5.79. The highest BCUT2D eigenvalue weighted by Crippen LogP contribution is 2.40. The topological polar surface area (TPSA) is 66.8 Å². The quantitative estimate of drug-likeness (QED) is 0.367. The first-order valence-electron chi connectivity index (χ1n) is 11.0. The molecule has 1 heterocycles. The van der Waals surface area contributed by atoms with Gasteiger partial charge >= 0.3 is 5.97 Å². The minimum Gasteiger partial charge on any atom is -0.469 e. The number of unbranched alkanes of at least 4 members (excludes halogenated alkanes) is 3. The third-order valence-corrected chi connectivity index (χ3v) is 7.63. The van der Waals surface area contributed by atoms with E-state index in [1.165, 1.54) is 17.2 Å². The van der Waals surface area contributed by atoms with Gasteiger partial charge in [0.2, 0.25) is 0 Å².